The minimum atomic E-state index is -0.0665. The summed E-state index contributed by atoms with van der Waals surface area (Å²) in [5, 5.41) is 9.46. The van der Waals surface area contributed by atoms with Gasteiger partial charge in [0.15, 0.2) is 0 Å². The van der Waals surface area contributed by atoms with E-state index in [4.69, 9.17) is 21.6 Å². The van der Waals surface area contributed by atoms with Gasteiger partial charge in [0.1, 0.15) is 5.75 Å². The van der Waals surface area contributed by atoms with Gasteiger partial charge in [-0.1, -0.05) is 17.7 Å². The number of hydrogen-bond donors (Lipinski definition) is 0. The summed E-state index contributed by atoms with van der Waals surface area (Å²) < 4.78 is 5.39. The van der Waals surface area contributed by atoms with Crippen LogP contribution >= 0.6 is 11.6 Å². The number of rotatable bonds is 6. The maximum atomic E-state index is 8.81. The van der Waals surface area contributed by atoms with Gasteiger partial charge < -0.3 is 4.74 Å². The standard InChI is InChI=1S/C14H19ClN2O/c1-4-18-14-6-5-12(9-13(14)15)7-8-17(3)11(2)10-16/h5-6,9,11H,4,7-8H2,1-3H3. The summed E-state index contributed by atoms with van der Waals surface area (Å²) >= 11 is 6.12. The first-order valence-electron chi connectivity index (χ1n) is 6.09. The van der Waals surface area contributed by atoms with Crippen LogP contribution in [0.25, 0.3) is 0 Å². The van der Waals surface area contributed by atoms with Gasteiger partial charge in [-0.2, -0.15) is 5.26 Å². The SMILES string of the molecule is CCOc1ccc(CCN(C)C(C)C#N)cc1Cl. The molecule has 0 aromatic heterocycles. The van der Waals surface area contributed by atoms with E-state index < -0.39 is 0 Å². The van der Waals surface area contributed by atoms with E-state index in [1.54, 1.807) is 0 Å². The Labute approximate surface area is 114 Å². The highest BCUT2D eigenvalue weighted by Crippen LogP contribution is 2.25. The van der Waals surface area contributed by atoms with Gasteiger partial charge in [0, 0.05) is 6.54 Å². The molecule has 0 saturated heterocycles. The molecule has 0 fully saturated rings. The monoisotopic (exact) mass is 266 g/mol. The molecular weight excluding hydrogens is 248 g/mol. The lowest BCUT2D eigenvalue weighted by Gasteiger charge is -2.18. The van der Waals surface area contributed by atoms with E-state index in [9.17, 15) is 0 Å². The van der Waals surface area contributed by atoms with Gasteiger partial charge in [-0.05, 0) is 45.0 Å². The summed E-state index contributed by atoms with van der Waals surface area (Å²) in [7, 11) is 1.95. The van der Waals surface area contributed by atoms with Crippen molar-refractivity contribution in [3.05, 3.63) is 28.8 Å². The molecule has 0 aliphatic rings. The summed E-state index contributed by atoms with van der Waals surface area (Å²) in [6.45, 7) is 5.27. The molecule has 1 rings (SSSR count). The fraction of sp³-hybridized carbons (Fsp3) is 0.500. The largest absolute Gasteiger partial charge is 0.492 e. The average Bonchev–Trinajstić information content (AvgIpc) is 2.38. The number of hydrogen-bond acceptors (Lipinski definition) is 3. The number of nitriles is 1. The fourth-order valence-corrected chi connectivity index (χ4v) is 1.83. The van der Waals surface area contributed by atoms with Crippen molar-refractivity contribution in [3.8, 4) is 11.8 Å². The van der Waals surface area contributed by atoms with Crippen molar-refractivity contribution in [1.29, 1.82) is 5.26 Å². The highest BCUT2D eigenvalue weighted by molar-refractivity contribution is 6.32. The summed E-state index contributed by atoms with van der Waals surface area (Å²) in [5.74, 6) is 0.724. The van der Waals surface area contributed by atoms with Gasteiger partial charge in [-0.15, -0.1) is 0 Å². The molecule has 0 bridgehead atoms. The molecule has 1 aromatic rings. The third kappa shape index (κ3) is 4.21. The average molecular weight is 267 g/mol. The third-order valence-electron chi connectivity index (χ3n) is 2.90. The number of halogens is 1. The molecule has 1 atom stereocenters. The Balaban J connectivity index is 2.59. The van der Waals surface area contributed by atoms with Crippen LogP contribution in [0.1, 0.15) is 19.4 Å². The van der Waals surface area contributed by atoms with Crippen molar-refractivity contribution >= 4 is 11.6 Å². The van der Waals surface area contributed by atoms with Crippen molar-refractivity contribution < 1.29 is 4.74 Å². The second-order valence-electron chi connectivity index (χ2n) is 4.23. The van der Waals surface area contributed by atoms with Crippen LogP contribution in [0.3, 0.4) is 0 Å². The van der Waals surface area contributed by atoms with Gasteiger partial charge in [-0.3, -0.25) is 4.90 Å². The number of ether oxygens (including phenoxy) is 1. The Kier molecular flexibility index (Phi) is 5.97. The minimum absolute atomic E-state index is 0.0665. The Hall–Kier alpha value is -1.24. The predicted molar refractivity (Wildman–Crippen MR) is 74.0 cm³/mol. The molecule has 4 heteroatoms. The predicted octanol–water partition coefficient (Wildman–Crippen LogP) is 3.13. The third-order valence-corrected chi connectivity index (χ3v) is 3.19. The number of likely N-dealkylation sites (N-methyl/N-ethyl adjacent to an activating group) is 1. The summed E-state index contributed by atoms with van der Waals surface area (Å²) in [6.07, 6.45) is 0.870. The zero-order valence-electron chi connectivity index (χ0n) is 11.1. The van der Waals surface area contributed by atoms with Crippen LogP contribution in [0.2, 0.25) is 5.02 Å². The van der Waals surface area contributed by atoms with E-state index in [0.29, 0.717) is 11.6 Å². The van der Waals surface area contributed by atoms with E-state index in [-0.39, 0.29) is 6.04 Å². The summed E-state index contributed by atoms with van der Waals surface area (Å²) in [6, 6.07) is 7.99. The van der Waals surface area contributed by atoms with Crippen LogP contribution in [0.4, 0.5) is 0 Å². The number of benzene rings is 1. The summed E-state index contributed by atoms with van der Waals surface area (Å²) in [5.41, 5.74) is 1.15. The number of nitrogens with zero attached hydrogens (tertiary/aromatic N) is 2. The van der Waals surface area contributed by atoms with Crippen LogP contribution in [-0.4, -0.2) is 31.1 Å². The molecule has 0 aliphatic carbocycles. The molecule has 1 unspecified atom stereocenters. The topological polar surface area (TPSA) is 36.3 Å². The van der Waals surface area contributed by atoms with Crippen molar-refractivity contribution in [1.82, 2.24) is 4.90 Å². The van der Waals surface area contributed by atoms with E-state index in [0.717, 1.165) is 24.3 Å². The van der Waals surface area contributed by atoms with Crippen LogP contribution in [0, 0.1) is 11.3 Å². The van der Waals surface area contributed by atoms with Crippen LogP contribution in [-0.2, 0) is 6.42 Å². The van der Waals surface area contributed by atoms with Crippen molar-refractivity contribution in [2.24, 2.45) is 0 Å². The van der Waals surface area contributed by atoms with E-state index in [1.807, 2.05) is 44.0 Å². The maximum Gasteiger partial charge on any atom is 0.137 e. The molecule has 0 saturated carbocycles. The summed E-state index contributed by atoms with van der Waals surface area (Å²) in [4.78, 5) is 2.02. The molecule has 0 aliphatic heterocycles. The molecule has 98 valence electrons. The van der Waals surface area contributed by atoms with Gasteiger partial charge in [0.05, 0.1) is 23.7 Å². The van der Waals surface area contributed by atoms with Crippen molar-refractivity contribution in [3.63, 3.8) is 0 Å². The quantitative estimate of drug-likeness (QED) is 0.794. The highest BCUT2D eigenvalue weighted by Gasteiger charge is 2.08. The molecule has 0 N–H and O–H groups in total. The Morgan fingerprint density at radius 2 is 2.22 bits per heavy atom. The van der Waals surface area contributed by atoms with E-state index >= 15 is 0 Å². The zero-order chi connectivity index (χ0) is 13.5. The van der Waals surface area contributed by atoms with Crippen molar-refractivity contribution in [2.45, 2.75) is 26.3 Å². The molecule has 1 aromatic carbocycles. The second-order valence-corrected chi connectivity index (χ2v) is 4.64. The molecule has 18 heavy (non-hydrogen) atoms. The molecule has 0 amide bonds. The maximum absolute atomic E-state index is 8.81. The molecular formula is C14H19ClN2O. The molecule has 0 heterocycles. The van der Waals surface area contributed by atoms with Crippen LogP contribution in [0.15, 0.2) is 18.2 Å². The Morgan fingerprint density at radius 1 is 1.50 bits per heavy atom. The molecule has 0 radical (unpaired) electrons. The first-order chi connectivity index (χ1) is 8.58. The Morgan fingerprint density at radius 3 is 2.78 bits per heavy atom. The lowest BCUT2D eigenvalue weighted by molar-refractivity contribution is 0.306. The smallest absolute Gasteiger partial charge is 0.137 e. The lowest BCUT2D eigenvalue weighted by atomic mass is 10.1. The Bertz CT molecular complexity index is 428. The van der Waals surface area contributed by atoms with Crippen molar-refractivity contribution in [2.75, 3.05) is 20.2 Å². The van der Waals surface area contributed by atoms with Gasteiger partial charge in [-0.25, -0.2) is 0 Å². The van der Waals surface area contributed by atoms with Crippen LogP contribution < -0.4 is 4.74 Å². The molecule has 0 spiro atoms. The highest BCUT2D eigenvalue weighted by atomic mass is 35.5. The lowest BCUT2D eigenvalue weighted by Crippen LogP contribution is -2.29. The minimum Gasteiger partial charge on any atom is -0.492 e. The fourth-order valence-electron chi connectivity index (χ4n) is 1.57. The van der Waals surface area contributed by atoms with Gasteiger partial charge >= 0.3 is 0 Å². The van der Waals surface area contributed by atoms with E-state index in [1.165, 1.54) is 0 Å². The van der Waals surface area contributed by atoms with Gasteiger partial charge in [0.25, 0.3) is 0 Å². The first kappa shape index (κ1) is 14.8. The van der Waals surface area contributed by atoms with E-state index in [2.05, 4.69) is 6.07 Å². The van der Waals surface area contributed by atoms with Gasteiger partial charge in [0.2, 0.25) is 0 Å². The second kappa shape index (κ2) is 7.25. The molecule has 3 nitrogen and oxygen atoms in total. The first-order valence-corrected chi connectivity index (χ1v) is 6.47. The van der Waals surface area contributed by atoms with Crippen LogP contribution in [0.5, 0.6) is 5.75 Å². The zero-order valence-corrected chi connectivity index (χ0v) is 11.9. The normalized spacial score (nSPS) is 12.2.